The average molecular weight is 705 g/mol. The molecule has 9 nitrogen and oxygen atoms in total. The maximum atomic E-state index is 14.8. The summed E-state index contributed by atoms with van der Waals surface area (Å²) in [6, 6.07) is 11.1. The van der Waals surface area contributed by atoms with Gasteiger partial charge in [0.25, 0.3) is 5.91 Å². The van der Waals surface area contributed by atoms with Crippen LogP contribution in [-0.4, -0.2) is 52.3 Å². The Hall–Kier alpha value is -5.25. The summed E-state index contributed by atoms with van der Waals surface area (Å²) in [6.45, 7) is -0.559. The van der Waals surface area contributed by atoms with Crippen molar-refractivity contribution in [2.75, 3.05) is 13.2 Å². The van der Waals surface area contributed by atoms with Gasteiger partial charge >= 0.3 is 12.4 Å². The first-order valence-electron chi connectivity index (χ1n) is 15.1. The van der Waals surface area contributed by atoms with Crippen molar-refractivity contribution in [3.63, 3.8) is 0 Å². The van der Waals surface area contributed by atoms with Gasteiger partial charge in [-0.25, -0.2) is 9.37 Å². The first-order chi connectivity index (χ1) is 23.4. The van der Waals surface area contributed by atoms with Crippen LogP contribution < -0.4 is 20.5 Å². The number of aliphatic hydroxyl groups is 1. The largest absolute Gasteiger partial charge is 0.490 e. The molecule has 0 bridgehead atoms. The molecule has 0 saturated heterocycles. The van der Waals surface area contributed by atoms with Crippen LogP contribution in [0.25, 0.3) is 22.4 Å². The van der Waals surface area contributed by atoms with Gasteiger partial charge in [-0.1, -0.05) is 6.07 Å². The molecule has 2 amide bonds. The standard InChI is InChI=1S/C34H27F7N4O5/c1-31(30(42)47)16-49-27-23(31)14-25(45-26(27)17-4-7-19(35)8-5-17)32(48,34(39,40)41)15-44-29(46)18-6-11-24(50-20-9-10-20)22(13-18)21-3-2-12-43-28(21)33(36,37)38/h2-8,11-14,20,48H,9-10,15-16H2,1H3,(H2,42,47)(H,44,46)/t31-,32?/m0/s1. The van der Waals surface area contributed by atoms with Crippen molar-refractivity contribution >= 4 is 11.8 Å². The molecule has 1 saturated carbocycles. The number of carbonyl (C=O) groups excluding carboxylic acids is 2. The minimum atomic E-state index is -5.49. The molecule has 2 aromatic carbocycles. The van der Waals surface area contributed by atoms with Crippen molar-refractivity contribution in [2.24, 2.45) is 5.73 Å². The molecule has 0 radical (unpaired) electrons. The molecule has 0 spiro atoms. The number of benzene rings is 2. The predicted octanol–water partition coefficient (Wildman–Crippen LogP) is 5.83. The lowest BCUT2D eigenvalue weighted by Gasteiger charge is -2.31. The fourth-order valence-corrected chi connectivity index (χ4v) is 5.45. The Morgan fingerprint density at radius 3 is 2.36 bits per heavy atom. The third kappa shape index (κ3) is 6.30. The quantitative estimate of drug-likeness (QED) is 0.187. The molecule has 1 aliphatic carbocycles. The number of nitrogens with two attached hydrogens (primary N) is 1. The smallest absolute Gasteiger partial charge is 0.433 e. The van der Waals surface area contributed by atoms with Crippen LogP contribution in [0.2, 0.25) is 0 Å². The third-order valence-electron chi connectivity index (χ3n) is 8.56. The van der Waals surface area contributed by atoms with Gasteiger partial charge in [0, 0.05) is 34.0 Å². The van der Waals surface area contributed by atoms with Crippen LogP contribution in [-0.2, 0) is 22.0 Å². The topological polar surface area (TPSA) is 137 Å². The fourth-order valence-electron chi connectivity index (χ4n) is 5.45. The number of nitrogens with zero attached hydrogens (tertiary/aromatic N) is 2. The van der Waals surface area contributed by atoms with Crippen LogP contribution in [0.15, 0.2) is 66.9 Å². The first-order valence-corrected chi connectivity index (χ1v) is 15.1. The number of hydrogen-bond acceptors (Lipinski definition) is 7. The molecule has 50 heavy (non-hydrogen) atoms. The monoisotopic (exact) mass is 704 g/mol. The highest BCUT2D eigenvalue weighted by Gasteiger charge is 2.58. The minimum Gasteiger partial charge on any atom is -0.490 e. The second-order valence-electron chi connectivity index (χ2n) is 12.2. The Bertz CT molecular complexity index is 1980. The summed E-state index contributed by atoms with van der Waals surface area (Å²) < 4.78 is 111. The number of fused-ring (bicyclic) bond motifs is 1. The molecule has 2 aromatic heterocycles. The highest BCUT2D eigenvalue weighted by atomic mass is 19.4. The van der Waals surface area contributed by atoms with Gasteiger partial charge in [0.05, 0.1) is 18.3 Å². The number of alkyl halides is 6. The number of carbonyl (C=O) groups is 2. The zero-order chi connectivity index (χ0) is 36.2. The van der Waals surface area contributed by atoms with E-state index in [1.807, 2.05) is 5.32 Å². The average Bonchev–Trinajstić information content (AvgIpc) is 3.82. The van der Waals surface area contributed by atoms with Gasteiger partial charge in [0.1, 0.15) is 35.0 Å². The molecule has 4 N–H and O–H groups in total. The predicted molar refractivity (Wildman–Crippen MR) is 162 cm³/mol. The Balaban J connectivity index is 1.39. The number of hydrogen-bond donors (Lipinski definition) is 3. The van der Waals surface area contributed by atoms with Crippen molar-refractivity contribution in [2.45, 2.75) is 49.2 Å². The third-order valence-corrected chi connectivity index (χ3v) is 8.56. The molecule has 2 atom stereocenters. The molecule has 1 fully saturated rings. The first kappa shape index (κ1) is 34.6. The number of aromatic nitrogens is 2. The van der Waals surface area contributed by atoms with Gasteiger partial charge in [0.15, 0.2) is 5.69 Å². The van der Waals surface area contributed by atoms with Gasteiger partial charge in [-0.2, -0.15) is 26.3 Å². The normalized spacial score (nSPS) is 18.5. The maximum Gasteiger partial charge on any atom is 0.433 e. The van der Waals surface area contributed by atoms with Crippen molar-refractivity contribution < 1.29 is 54.9 Å². The SMILES string of the molecule is C[C@]1(C(N)=O)COc2c1cc(C(O)(CNC(=O)c1ccc(OC3CC3)c(-c3cccnc3C(F)(F)F)c1)C(F)(F)F)nc2-c1ccc(F)cc1. The van der Waals surface area contributed by atoms with Crippen LogP contribution in [0.4, 0.5) is 30.7 Å². The van der Waals surface area contributed by atoms with Gasteiger partial charge in [-0.15, -0.1) is 0 Å². The molecule has 1 unspecified atom stereocenters. The maximum absolute atomic E-state index is 14.8. The summed E-state index contributed by atoms with van der Waals surface area (Å²) in [6.07, 6.45) is -8.39. The second kappa shape index (κ2) is 12.3. The number of amides is 2. The van der Waals surface area contributed by atoms with E-state index in [0.29, 0.717) is 12.8 Å². The summed E-state index contributed by atoms with van der Waals surface area (Å²) in [4.78, 5) is 33.3. The molecule has 16 heteroatoms. The van der Waals surface area contributed by atoms with Crippen LogP contribution in [0.5, 0.6) is 11.5 Å². The van der Waals surface area contributed by atoms with Gasteiger partial charge in [-0.3, -0.25) is 14.6 Å². The van der Waals surface area contributed by atoms with Gasteiger partial charge in [-0.05, 0) is 74.4 Å². The van der Waals surface area contributed by atoms with E-state index in [-0.39, 0.29) is 52.2 Å². The van der Waals surface area contributed by atoms with Crippen LogP contribution >= 0.6 is 0 Å². The molecule has 262 valence electrons. The molecule has 6 rings (SSSR count). The van der Waals surface area contributed by atoms with Crippen LogP contribution in [0, 0.1) is 5.82 Å². The van der Waals surface area contributed by atoms with E-state index in [1.165, 1.54) is 31.2 Å². The zero-order valence-electron chi connectivity index (χ0n) is 26.0. The second-order valence-corrected chi connectivity index (χ2v) is 12.2. The Labute approximate surface area is 279 Å². The van der Waals surface area contributed by atoms with E-state index in [2.05, 4.69) is 9.97 Å². The summed E-state index contributed by atoms with van der Waals surface area (Å²) in [7, 11) is 0. The van der Waals surface area contributed by atoms with E-state index in [4.69, 9.17) is 15.2 Å². The molecule has 2 aliphatic rings. The molecule has 1 aliphatic heterocycles. The van der Waals surface area contributed by atoms with Crippen molar-refractivity contribution in [1.82, 2.24) is 15.3 Å². The van der Waals surface area contributed by atoms with Gasteiger partial charge < -0.3 is 25.6 Å². The number of ether oxygens (including phenoxy) is 2. The summed E-state index contributed by atoms with van der Waals surface area (Å²) >= 11 is 0. The summed E-state index contributed by atoms with van der Waals surface area (Å²) in [5, 5.41) is 13.3. The lowest BCUT2D eigenvalue weighted by atomic mass is 9.81. The number of nitrogens with one attached hydrogen (secondary N) is 1. The Kier molecular flexibility index (Phi) is 8.49. The van der Waals surface area contributed by atoms with Crippen LogP contribution in [0.1, 0.15) is 47.1 Å². The van der Waals surface area contributed by atoms with E-state index in [0.717, 1.165) is 42.6 Å². The number of primary amides is 1. The van der Waals surface area contributed by atoms with Crippen molar-refractivity contribution in [1.29, 1.82) is 0 Å². The van der Waals surface area contributed by atoms with E-state index in [1.54, 1.807) is 0 Å². The lowest BCUT2D eigenvalue weighted by Crippen LogP contribution is -2.51. The molecule has 4 aromatic rings. The highest BCUT2D eigenvalue weighted by Crippen LogP contribution is 2.48. The highest BCUT2D eigenvalue weighted by molar-refractivity contribution is 5.96. The molecular formula is C34H27F7N4O5. The Morgan fingerprint density at radius 2 is 1.74 bits per heavy atom. The summed E-state index contributed by atoms with van der Waals surface area (Å²) in [5.74, 6) is -2.90. The summed E-state index contributed by atoms with van der Waals surface area (Å²) in [5.41, 5.74) is -3.52. The number of pyridine rings is 2. The van der Waals surface area contributed by atoms with E-state index >= 15 is 0 Å². The zero-order valence-corrected chi connectivity index (χ0v) is 26.0. The fraction of sp³-hybridized carbons (Fsp3) is 0.294. The lowest BCUT2D eigenvalue weighted by molar-refractivity contribution is -0.265. The minimum absolute atomic E-state index is 0.00438. The molecule has 3 heterocycles. The van der Waals surface area contributed by atoms with Crippen molar-refractivity contribution in [3.8, 4) is 33.9 Å². The van der Waals surface area contributed by atoms with Crippen molar-refractivity contribution in [3.05, 3.63) is 95.2 Å². The van der Waals surface area contributed by atoms with Crippen LogP contribution in [0.3, 0.4) is 0 Å². The molecular weight excluding hydrogens is 677 g/mol. The van der Waals surface area contributed by atoms with E-state index < -0.39 is 64.5 Å². The number of halogens is 7. The van der Waals surface area contributed by atoms with Gasteiger partial charge in [0.2, 0.25) is 11.5 Å². The Morgan fingerprint density at radius 1 is 1.04 bits per heavy atom. The number of rotatable bonds is 9. The van der Waals surface area contributed by atoms with E-state index in [9.17, 15) is 45.4 Å².